The summed E-state index contributed by atoms with van der Waals surface area (Å²) in [5.74, 6) is -0.202. The van der Waals surface area contributed by atoms with Crippen molar-refractivity contribution in [3.63, 3.8) is 0 Å². The molecule has 1 aromatic carbocycles. The van der Waals surface area contributed by atoms with Crippen LogP contribution in [0.2, 0.25) is 0 Å². The predicted octanol–water partition coefficient (Wildman–Crippen LogP) is 2.52. The lowest BCUT2D eigenvalue weighted by atomic mass is 10.1. The molecule has 2 rings (SSSR count). The molecule has 0 bridgehead atoms. The minimum absolute atomic E-state index is 0.0944. The summed E-state index contributed by atoms with van der Waals surface area (Å²) in [6, 6.07) is 8.55. The standard InChI is InChI=1S/C16H19N3O3/c1-11-6-7-12(18-16(21)14-4-3-9-22-14)10-13(11)19-15(20)5-2-8-17/h3-4,6-7,9-10H,2,5,8,17H2,1H3,(H,18,21)(H,19,20). The van der Waals surface area contributed by atoms with Crippen molar-refractivity contribution in [2.75, 3.05) is 17.2 Å². The molecule has 0 unspecified atom stereocenters. The number of rotatable bonds is 6. The van der Waals surface area contributed by atoms with Crippen LogP contribution in [0.15, 0.2) is 41.0 Å². The second-order valence-electron chi connectivity index (χ2n) is 4.90. The van der Waals surface area contributed by atoms with Gasteiger partial charge in [-0.05, 0) is 49.7 Å². The Hall–Kier alpha value is -2.60. The Kier molecular flexibility index (Phi) is 5.32. The monoisotopic (exact) mass is 301 g/mol. The largest absolute Gasteiger partial charge is 0.459 e. The van der Waals surface area contributed by atoms with Gasteiger partial charge in [0.05, 0.1) is 6.26 Å². The number of hydrogen-bond acceptors (Lipinski definition) is 4. The first-order chi connectivity index (χ1) is 10.6. The van der Waals surface area contributed by atoms with Crippen molar-refractivity contribution in [2.45, 2.75) is 19.8 Å². The molecule has 0 aliphatic rings. The van der Waals surface area contributed by atoms with Crippen molar-refractivity contribution in [1.82, 2.24) is 0 Å². The van der Waals surface area contributed by atoms with Gasteiger partial charge in [0.2, 0.25) is 5.91 Å². The van der Waals surface area contributed by atoms with Crippen LogP contribution >= 0.6 is 0 Å². The number of aryl methyl sites for hydroxylation is 1. The molecule has 4 N–H and O–H groups in total. The maximum Gasteiger partial charge on any atom is 0.291 e. The molecule has 0 saturated heterocycles. The third-order valence-electron chi connectivity index (χ3n) is 3.12. The third kappa shape index (κ3) is 4.20. The molecule has 0 aliphatic carbocycles. The summed E-state index contributed by atoms with van der Waals surface area (Å²) in [5.41, 5.74) is 7.55. The zero-order valence-electron chi connectivity index (χ0n) is 12.4. The van der Waals surface area contributed by atoms with Crippen molar-refractivity contribution in [1.29, 1.82) is 0 Å². The van der Waals surface area contributed by atoms with Gasteiger partial charge >= 0.3 is 0 Å². The van der Waals surface area contributed by atoms with E-state index < -0.39 is 0 Å². The smallest absolute Gasteiger partial charge is 0.291 e. The molecule has 116 valence electrons. The molecule has 6 nitrogen and oxygen atoms in total. The quantitative estimate of drug-likeness (QED) is 0.763. The van der Waals surface area contributed by atoms with Gasteiger partial charge in [0.15, 0.2) is 5.76 Å². The first kappa shape index (κ1) is 15.8. The summed E-state index contributed by atoms with van der Waals surface area (Å²) >= 11 is 0. The number of anilines is 2. The average Bonchev–Trinajstić information content (AvgIpc) is 3.03. The summed E-state index contributed by atoms with van der Waals surface area (Å²) in [7, 11) is 0. The molecule has 1 heterocycles. The summed E-state index contributed by atoms with van der Waals surface area (Å²) in [5, 5.41) is 5.55. The van der Waals surface area contributed by atoms with Crippen LogP contribution in [-0.2, 0) is 4.79 Å². The number of carbonyl (C=O) groups is 2. The molecule has 2 amide bonds. The molecule has 1 aromatic heterocycles. The van der Waals surface area contributed by atoms with Crippen LogP contribution in [0, 0.1) is 6.92 Å². The molecule has 0 aliphatic heterocycles. The highest BCUT2D eigenvalue weighted by atomic mass is 16.3. The summed E-state index contributed by atoms with van der Waals surface area (Å²) in [6.45, 7) is 2.36. The van der Waals surface area contributed by atoms with E-state index in [4.69, 9.17) is 10.2 Å². The number of amides is 2. The van der Waals surface area contributed by atoms with Crippen molar-refractivity contribution < 1.29 is 14.0 Å². The lowest BCUT2D eigenvalue weighted by Gasteiger charge is -2.11. The number of carbonyl (C=O) groups excluding carboxylic acids is 2. The van der Waals surface area contributed by atoms with E-state index in [0.717, 1.165) is 5.56 Å². The van der Waals surface area contributed by atoms with E-state index in [2.05, 4.69) is 10.6 Å². The molecular formula is C16H19N3O3. The first-order valence-corrected chi connectivity index (χ1v) is 7.05. The minimum atomic E-state index is -0.339. The lowest BCUT2D eigenvalue weighted by Crippen LogP contribution is -2.15. The van der Waals surface area contributed by atoms with Gasteiger partial charge in [-0.25, -0.2) is 0 Å². The van der Waals surface area contributed by atoms with E-state index in [1.165, 1.54) is 6.26 Å². The third-order valence-corrected chi connectivity index (χ3v) is 3.12. The van der Waals surface area contributed by atoms with Crippen LogP contribution in [0.4, 0.5) is 11.4 Å². The van der Waals surface area contributed by atoms with Gasteiger partial charge in [0.1, 0.15) is 0 Å². The predicted molar refractivity (Wildman–Crippen MR) is 84.8 cm³/mol. The molecule has 0 spiro atoms. The van der Waals surface area contributed by atoms with Crippen LogP contribution < -0.4 is 16.4 Å². The van der Waals surface area contributed by atoms with Crippen LogP contribution in [0.25, 0.3) is 0 Å². The molecule has 2 aromatic rings. The van der Waals surface area contributed by atoms with Crippen LogP contribution in [0.5, 0.6) is 0 Å². The van der Waals surface area contributed by atoms with Gasteiger partial charge in [0.25, 0.3) is 5.91 Å². The number of benzene rings is 1. The highest BCUT2D eigenvalue weighted by Crippen LogP contribution is 2.21. The maximum atomic E-state index is 11.9. The molecule has 6 heteroatoms. The Morgan fingerprint density at radius 1 is 1.23 bits per heavy atom. The normalized spacial score (nSPS) is 10.3. The highest BCUT2D eigenvalue weighted by Gasteiger charge is 2.10. The van der Waals surface area contributed by atoms with Crippen LogP contribution in [0.1, 0.15) is 29.0 Å². The molecule has 0 radical (unpaired) electrons. The highest BCUT2D eigenvalue weighted by molar-refractivity contribution is 6.02. The summed E-state index contributed by atoms with van der Waals surface area (Å²) < 4.78 is 5.04. The second kappa shape index (κ2) is 7.42. The summed E-state index contributed by atoms with van der Waals surface area (Å²) in [6.07, 6.45) is 2.45. The maximum absolute atomic E-state index is 11.9. The second-order valence-corrected chi connectivity index (χ2v) is 4.90. The fourth-order valence-electron chi connectivity index (χ4n) is 1.91. The van der Waals surface area contributed by atoms with Gasteiger partial charge < -0.3 is 20.8 Å². The SMILES string of the molecule is Cc1ccc(NC(=O)c2ccco2)cc1NC(=O)CCCN. The molecule has 22 heavy (non-hydrogen) atoms. The van der Waals surface area contributed by atoms with E-state index in [-0.39, 0.29) is 17.6 Å². The Labute approximate surface area is 128 Å². The van der Waals surface area contributed by atoms with Gasteiger partial charge in [-0.2, -0.15) is 0 Å². The number of nitrogens with one attached hydrogen (secondary N) is 2. The van der Waals surface area contributed by atoms with E-state index >= 15 is 0 Å². The Morgan fingerprint density at radius 3 is 2.73 bits per heavy atom. The Morgan fingerprint density at radius 2 is 2.05 bits per heavy atom. The minimum Gasteiger partial charge on any atom is -0.459 e. The Balaban J connectivity index is 2.06. The van der Waals surface area contributed by atoms with Gasteiger partial charge in [-0.15, -0.1) is 0 Å². The van der Waals surface area contributed by atoms with Gasteiger partial charge in [-0.1, -0.05) is 6.07 Å². The van der Waals surface area contributed by atoms with Crippen molar-refractivity contribution in [3.8, 4) is 0 Å². The lowest BCUT2D eigenvalue weighted by molar-refractivity contribution is -0.116. The zero-order chi connectivity index (χ0) is 15.9. The fourth-order valence-corrected chi connectivity index (χ4v) is 1.91. The molecular weight excluding hydrogens is 282 g/mol. The van der Waals surface area contributed by atoms with E-state index in [1.54, 1.807) is 24.3 Å². The van der Waals surface area contributed by atoms with Gasteiger partial charge in [0, 0.05) is 17.8 Å². The van der Waals surface area contributed by atoms with Crippen molar-refractivity contribution in [2.24, 2.45) is 5.73 Å². The zero-order valence-corrected chi connectivity index (χ0v) is 12.4. The topological polar surface area (TPSA) is 97.4 Å². The number of hydrogen-bond donors (Lipinski definition) is 3. The van der Waals surface area contributed by atoms with E-state index in [0.29, 0.717) is 30.8 Å². The first-order valence-electron chi connectivity index (χ1n) is 7.05. The van der Waals surface area contributed by atoms with E-state index in [1.807, 2.05) is 13.0 Å². The van der Waals surface area contributed by atoms with Crippen LogP contribution in [0.3, 0.4) is 0 Å². The Bertz CT molecular complexity index is 651. The van der Waals surface area contributed by atoms with Gasteiger partial charge in [-0.3, -0.25) is 9.59 Å². The average molecular weight is 301 g/mol. The van der Waals surface area contributed by atoms with E-state index in [9.17, 15) is 9.59 Å². The molecule has 0 fully saturated rings. The fraction of sp³-hybridized carbons (Fsp3) is 0.250. The number of furan rings is 1. The molecule has 0 atom stereocenters. The number of nitrogens with two attached hydrogens (primary N) is 1. The summed E-state index contributed by atoms with van der Waals surface area (Å²) in [4.78, 5) is 23.7. The van der Waals surface area contributed by atoms with Crippen molar-refractivity contribution >= 4 is 23.2 Å². The van der Waals surface area contributed by atoms with Crippen molar-refractivity contribution in [3.05, 3.63) is 47.9 Å². The van der Waals surface area contributed by atoms with Crippen LogP contribution in [-0.4, -0.2) is 18.4 Å². The molecule has 0 saturated carbocycles.